The Morgan fingerprint density at radius 2 is 1.48 bits per heavy atom. The largest absolute Gasteiger partial charge is 0.489 e. The summed E-state index contributed by atoms with van der Waals surface area (Å²) in [4.78, 5) is 36.0. The Kier molecular flexibility index (Phi) is 7.37. The highest BCUT2D eigenvalue weighted by Crippen LogP contribution is 2.16. The molecule has 0 aliphatic carbocycles. The van der Waals surface area contributed by atoms with Crippen LogP contribution >= 0.6 is 0 Å². The quantitative estimate of drug-likeness (QED) is 0.558. The standard InChI is InChI=1S/C24H21NO6/c1-29-23(27)17-11-13-19(14-12-17)25-22(26)16-31-24(28)21-10-6-5-7-18(21)15-30-20-8-3-2-4-9-20/h2-14H,15-16H2,1H3,(H,25,26). The third kappa shape index (κ3) is 6.17. The van der Waals surface area contributed by atoms with E-state index in [1.165, 1.54) is 19.2 Å². The topological polar surface area (TPSA) is 90.9 Å². The lowest BCUT2D eigenvalue weighted by Gasteiger charge is -2.11. The summed E-state index contributed by atoms with van der Waals surface area (Å²) in [5, 5.41) is 2.60. The Hall–Kier alpha value is -4.13. The number of hydrogen-bond donors (Lipinski definition) is 1. The molecule has 3 aromatic rings. The van der Waals surface area contributed by atoms with Crippen LogP contribution in [0.5, 0.6) is 5.75 Å². The molecule has 0 fully saturated rings. The van der Waals surface area contributed by atoms with E-state index in [9.17, 15) is 14.4 Å². The van der Waals surface area contributed by atoms with Gasteiger partial charge in [-0.15, -0.1) is 0 Å². The lowest BCUT2D eigenvalue weighted by atomic mass is 10.1. The molecule has 0 spiro atoms. The van der Waals surface area contributed by atoms with Gasteiger partial charge in [0.05, 0.1) is 18.2 Å². The summed E-state index contributed by atoms with van der Waals surface area (Å²) < 4.78 is 15.5. The van der Waals surface area contributed by atoms with E-state index in [0.29, 0.717) is 28.1 Å². The van der Waals surface area contributed by atoms with Gasteiger partial charge in [0, 0.05) is 11.3 Å². The summed E-state index contributed by atoms with van der Waals surface area (Å²) in [7, 11) is 1.29. The van der Waals surface area contributed by atoms with Gasteiger partial charge in [-0.2, -0.15) is 0 Å². The molecule has 7 nitrogen and oxygen atoms in total. The van der Waals surface area contributed by atoms with Crippen molar-refractivity contribution in [3.63, 3.8) is 0 Å². The number of ether oxygens (including phenoxy) is 3. The summed E-state index contributed by atoms with van der Waals surface area (Å²) >= 11 is 0. The van der Waals surface area contributed by atoms with Crippen molar-refractivity contribution in [3.8, 4) is 5.75 Å². The molecule has 1 amide bonds. The van der Waals surface area contributed by atoms with Crippen LogP contribution in [-0.4, -0.2) is 31.6 Å². The zero-order valence-electron chi connectivity index (χ0n) is 16.9. The maximum atomic E-state index is 12.5. The fourth-order valence-corrected chi connectivity index (χ4v) is 2.74. The number of carbonyl (C=O) groups is 3. The number of anilines is 1. The summed E-state index contributed by atoms with van der Waals surface area (Å²) in [6.45, 7) is -0.264. The molecular formula is C24H21NO6. The Labute approximate surface area is 179 Å². The summed E-state index contributed by atoms with van der Waals surface area (Å²) in [6.07, 6.45) is 0. The average Bonchev–Trinajstić information content (AvgIpc) is 2.82. The number of carbonyl (C=O) groups excluding carboxylic acids is 3. The minimum absolute atomic E-state index is 0.189. The lowest BCUT2D eigenvalue weighted by molar-refractivity contribution is -0.119. The number of benzene rings is 3. The number of hydrogen-bond acceptors (Lipinski definition) is 6. The Bertz CT molecular complexity index is 1050. The van der Waals surface area contributed by atoms with Gasteiger partial charge in [-0.3, -0.25) is 4.79 Å². The van der Waals surface area contributed by atoms with Crippen LogP contribution in [0, 0.1) is 0 Å². The van der Waals surface area contributed by atoms with E-state index in [-0.39, 0.29) is 6.61 Å². The molecular weight excluding hydrogens is 398 g/mol. The molecule has 0 aromatic heterocycles. The zero-order valence-corrected chi connectivity index (χ0v) is 16.9. The molecule has 7 heteroatoms. The van der Waals surface area contributed by atoms with Crippen molar-refractivity contribution in [1.82, 2.24) is 0 Å². The monoisotopic (exact) mass is 419 g/mol. The highest BCUT2D eigenvalue weighted by molar-refractivity contribution is 5.96. The first-order chi connectivity index (χ1) is 15.1. The number of methoxy groups -OCH3 is 1. The van der Waals surface area contributed by atoms with Crippen LogP contribution in [-0.2, 0) is 20.9 Å². The van der Waals surface area contributed by atoms with Crippen molar-refractivity contribution in [2.45, 2.75) is 6.61 Å². The van der Waals surface area contributed by atoms with Crippen molar-refractivity contribution in [3.05, 3.63) is 95.6 Å². The third-order valence-electron chi connectivity index (χ3n) is 4.30. The zero-order chi connectivity index (χ0) is 22.1. The second-order valence-electron chi connectivity index (χ2n) is 6.45. The maximum Gasteiger partial charge on any atom is 0.339 e. The van der Waals surface area contributed by atoms with E-state index in [1.54, 1.807) is 36.4 Å². The van der Waals surface area contributed by atoms with Crippen molar-refractivity contribution in [2.75, 3.05) is 19.0 Å². The van der Waals surface area contributed by atoms with Crippen LogP contribution < -0.4 is 10.1 Å². The summed E-state index contributed by atoms with van der Waals surface area (Å²) in [6, 6.07) is 22.3. The second kappa shape index (κ2) is 10.6. The van der Waals surface area contributed by atoms with E-state index in [2.05, 4.69) is 10.1 Å². The average molecular weight is 419 g/mol. The van der Waals surface area contributed by atoms with Crippen LogP contribution in [0.1, 0.15) is 26.3 Å². The minimum atomic E-state index is -0.622. The van der Waals surface area contributed by atoms with Crippen LogP contribution in [0.4, 0.5) is 5.69 Å². The van der Waals surface area contributed by atoms with E-state index in [4.69, 9.17) is 9.47 Å². The van der Waals surface area contributed by atoms with Crippen molar-refractivity contribution in [1.29, 1.82) is 0 Å². The van der Waals surface area contributed by atoms with Gasteiger partial charge in [0.15, 0.2) is 6.61 Å². The molecule has 0 bridgehead atoms. The lowest BCUT2D eigenvalue weighted by Crippen LogP contribution is -2.21. The summed E-state index contributed by atoms with van der Waals surface area (Å²) in [5.41, 5.74) is 1.80. The molecule has 0 heterocycles. The van der Waals surface area contributed by atoms with Gasteiger partial charge >= 0.3 is 11.9 Å². The van der Waals surface area contributed by atoms with E-state index >= 15 is 0 Å². The number of amides is 1. The molecule has 0 saturated heterocycles. The first-order valence-corrected chi connectivity index (χ1v) is 9.48. The van der Waals surface area contributed by atoms with Gasteiger partial charge in [-0.05, 0) is 42.5 Å². The Balaban J connectivity index is 1.54. The minimum Gasteiger partial charge on any atom is -0.489 e. The van der Waals surface area contributed by atoms with Crippen molar-refractivity contribution >= 4 is 23.5 Å². The molecule has 0 aliphatic heterocycles. The van der Waals surface area contributed by atoms with E-state index in [0.717, 1.165) is 0 Å². The van der Waals surface area contributed by atoms with E-state index < -0.39 is 24.5 Å². The molecule has 31 heavy (non-hydrogen) atoms. The highest BCUT2D eigenvalue weighted by atomic mass is 16.5. The Morgan fingerprint density at radius 3 is 2.19 bits per heavy atom. The molecule has 0 aliphatic rings. The first-order valence-electron chi connectivity index (χ1n) is 9.48. The van der Waals surface area contributed by atoms with Crippen LogP contribution in [0.3, 0.4) is 0 Å². The van der Waals surface area contributed by atoms with Gasteiger partial charge in [0.1, 0.15) is 12.4 Å². The molecule has 158 valence electrons. The Morgan fingerprint density at radius 1 is 0.806 bits per heavy atom. The molecule has 0 unspecified atom stereocenters. The van der Waals surface area contributed by atoms with E-state index in [1.807, 2.05) is 30.3 Å². The normalized spacial score (nSPS) is 10.1. The predicted molar refractivity (Wildman–Crippen MR) is 114 cm³/mol. The highest BCUT2D eigenvalue weighted by Gasteiger charge is 2.15. The number of esters is 2. The van der Waals surface area contributed by atoms with Gasteiger partial charge in [0.2, 0.25) is 0 Å². The third-order valence-corrected chi connectivity index (χ3v) is 4.30. The predicted octanol–water partition coefficient (Wildman–Crippen LogP) is 3.85. The molecule has 0 radical (unpaired) electrons. The smallest absolute Gasteiger partial charge is 0.339 e. The SMILES string of the molecule is COC(=O)c1ccc(NC(=O)COC(=O)c2ccccc2COc2ccccc2)cc1. The molecule has 0 atom stereocenters. The van der Waals surface area contributed by atoms with Crippen LogP contribution in [0.2, 0.25) is 0 Å². The number of rotatable bonds is 8. The fourth-order valence-electron chi connectivity index (χ4n) is 2.74. The molecule has 1 N–H and O–H groups in total. The van der Waals surface area contributed by atoms with Gasteiger partial charge in [0.25, 0.3) is 5.91 Å². The summed E-state index contributed by atoms with van der Waals surface area (Å²) in [5.74, 6) is -0.911. The van der Waals surface area contributed by atoms with Crippen molar-refractivity contribution in [2.24, 2.45) is 0 Å². The molecule has 3 aromatic carbocycles. The second-order valence-corrected chi connectivity index (χ2v) is 6.45. The van der Waals surface area contributed by atoms with Gasteiger partial charge in [-0.25, -0.2) is 9.59 Å². The first kappa shape index (κ1) is 21.6. The van der Waals surface area contributed by atoms with Gasteiger partial charge in [-0.1, -0.05) is 36.4 Å². The number of nitrogens with one attached hydrogen (secondary N) is 1. The van der Waals surface area contributed by atoms with Crippen LogP contribution in [0.25, 0.3) is 0 Å². The maximum absolute atomic E-state index is 12.5. The van der Waals surface area contributed by atoms with Crippen molar-refractivity contribution < 1.29 is 28.6 Å². The van der Waals surface area contributed by atoms with Gasteiger partial charge < -0.3 is 19.5 Å². The molecule has 0 saturated carbocycles. The molecule has 3 rings (SSSR count). The fraction of sp³-hybridized carbons (Fsp3) is 0.125. The van der Waals surface area contributed by atoms with Crippen LogP contribution in [0.15, 0.2) is 78.9 Å². The number of para-hydroxylation sites is 1.